The number of benzene rings is 1. The van der Waals surface area contributed by atoms with Crippen molar-refractivity contribution >= 4 is 11.8 Å². The first kappa shape index (κ1) is 15.2. The lowest BCUT2D eigenvalue weighted by Gasteiger charge is -2.14. The maximum atomic E-state index is 12.0. The Hall–Kier alpha value is -1.88. The second kappa shape index (κ2) is 6.33. The van der Waals surface area contributed by atoms with Gasteiger partial charge in [-0.15, -0.1) is 0 Å². The molecule has 0 unspecified atom stereocenters. The first-order valence-corrected chi connectivity index (χ1v) is 5.92. The lowest BCUT2D eigenvalue weighted by molar-refractivity contribution is -0.139. The van der Waals surface area contributed by atoms with Crippen LogP contribution in [0.15, 0.2) is 12.1 Å². The second-order valence-corrected chi connectivity index (χ2v) is 4.73. The van der Waals surface area contributed by atoms with E-state index < -0.39 is 11.8 Å². The molecule has 0 amide bonds. The summed E-state index contributed by atoms with van der Waals surface area (Å²) in [5.41, 5.74) is 1.70. The highest BCUT2D eigenvalue weighted by Gasteiger charge is 2.18. The van der Waals surface area contributed by atoms with Crippen molar-refractivity contribution in [1.29, 1.82) is 0 Å². The number of carbonyl (C=O) groups is 2. The van der Waals surface area contributed by atoms with Gasteiger partial charge >= 0.3 is 5.97 Å². The Morgan fingerprint density at radius 2 is 1.95 bits per heavy atom. The summed E-state index contributed by atoms with van der Waals surface area (Å²) < 4.78 is 4.46. The number of esters is 1. The van der Waals surface area contributed by atoms with Crippen LogP contribution in [0.3, 0.4) is 0 Å². The SMILES string of the molecule is COC(=O)CC(=O)c1cc(C)cc(CN(C)C)c1O. The van der Waals surface area contributed by atoms with Crippen molar-refractivity contribution in [1.82, 2.24) is 4.90 Å². The molecule has 104 valence electrons. The molecule has 0 spiro atoms. The molecule has 19 heavy (non-hydrogen) atoms. The fourth-order valence-corrected chi connectivity index (χ4v) is 1.83. The second-order valence-electron chi connectivity index (χ2n) is 4.73. The average Bonchev–Trinajstić information content (AvgIpc) is 2.32. The minimum Gasteiger partial charge on any atom is -0.507 e. The predicted octanol–water partition coefficient (Wildman–Crippen LogP) is 1.51. The summed E-state index contributed by atoms with van der Waals surface area (Å²) in [5, 5.41) is 10.1. The number of aryl methyl sites for hydroxylation is 1. The Kier molecular flexibility index (Phi) is 5.06. The first-order chi connectivity index (χ1) is 8.85. The molecular weight excluding hydrogens is 246 g/mol. The van der Waals surface area contributed by atoms with E-state index in [1.807, 2.05) is 32.0 Å². The van der Waals surface area contributed by atoms with Gasteiger partial charge in [-0.25, -0.2) is 0 Å². The number of phenols is 1. The molecule has 0 aromatic heterocycles. The van der Waals surface area contributed by atoms with Crippen LogP contribution in [0.5, 0.6) is 5.75 Å². The zero-order valence-corrected chi connectivity index (χ0v) is 11.7. The van der Waals surface area contributed by atoms with E-state index in [1.54, 1.807) is 6.07 Å². The van der Waals surface area contributed by atoms with Gasteiger partial charge in [0.15, 0.2) is 5.78 Å². The number of carbonyl (C=O) groups excluding carboxylic acids is 2. The average molecular weight is 265 g/mol. The summed E-state index contributed by atoms with van der Waals surface area (Å²) in [5.74, 6) is -1.11. The molecule has 0 saturated carbocycles. The van der Waals surface area contributed by atoms with Crippen LogP contribution in [-0.4, -0.2) is 43.0 Å². The van der Waals surface area contributed by atoms with Crippen LogP contribution in [0.1, 0.15) is 27.9 Å². The molecule has 5 nitrogen and oxygen atoms in total. The highest BCUT2D eigenvalue weighted by Crippen LogP contribution is 2.26. The molecule has 1 aromatic carbocycles. The number of ketones is 1. The van der Waals surface area contributed by atoms with Gasteiger partial charge < -0.3 is 14.7 Å². The maximum absolute atomic E-state index is 12.0. The van der Waals surface area contributed by atoms with Crippen molar-refractivity contribution in [3.63, 3.8) is 0 Å². The van der Waals surface area contributed by atoms with E-state index in [0.717, 1.165) is 5.56 Å². The van der Waals surface area contributed by atoms with E-state index in [4.69, 9.17) is 0 Å². The molecule has 1 aromatic rings. The molecule has 0 aliphatic rings. The van der Waals surface area contributed by atoms with Gasteiger partial charge in [-0.2, -0.15) is 0 Å². The smallest absolute Gasteiger partial charge is 0.313 e. The molecule has 0 bridgehead atoms. The number of hydrogen-bond donors (Lipinski definition) is 1. The lowest BCUT2D eigenvalue weighted by atomic mass is 10.00. The number of phenolic OH excluding ortho intramolecular Hbond substituents is 1. The molecule has 1 N–H and O–H groups in total. The van der Waals surface area contributed by atoms with Crippen LogP contribution in [0.4, 0.5) is 0 Å². The fourth-order valence-electron chi connectivity index (χ4n) is 1.83. The lowest BCUT2D eigenvalue weighted by Crippen LogP contribution is -2.14. The molecule has 0 heterocycles. The Morgan fingerprint density at radius 3 is 2.47 bits per heavy atom. The fraction of sp³-hybridized carbons (Fsp3) is 0.429. The molecule has 0 aliphatic carbocycles. The van der Waals surface area contributed by atoms with Crippen molar-refractivity contribution in [2.45, 2.75) is 19.9 Å². The highest BCUT2D eigenvalue weighted by atomic mass is 16.5. The van der Waals surface area contributed by atoms with Gasteiger partial charge in [-0.05, 0) is 32.6 Å². The Labute approximate surface area is 112 Å². The topological polar surface area (TPSA) is 66.8 Å². The summed E-state index contributed by atoms with van der Waals surface area (Å²) in [6.07, 6.45) is -0.366. The Bertz CT molecular complexity index is 494. The summed E-state index contributed by atoms with van der Waals surface area (Å²) in [6, 6.07) is 3.41. The molecule has 0 saturated heterocycles. The summed E-state index contributed by atoms with van der Waals surface area (Å²) in [6.45, 7) is 2.36. The standard InChI is InChI=1S/C14H19NO4/c1-9-5-10(8-15(2)3)14(18)11(6-9)12(16)7-13(17)19-4/h5-6,18H,7-8H2,1-4H3. The molecule has 5 heteroatoms. The molecule has 0 radical (unpaired) electrons. The minimum absolute atomic E-state index is 0.0618. The first-order valence-electron chi connectivity index (χ1n) is 5.92. The van der Waals surface area contributed by atoms with E-state index in [0.29, 0.717) is 12.1 Å². The van der Waals surface area contributed by atoms with Crippen LogP contribution < -0.4 is 0 Å². The molecule has 0 atom stereocenters. The number of aromatic hydroxyl groups is 1. The van der Waals surface area contributed by atoms with E-state index in [-0.39, 0.29) is 17.7 Å². The molecule has 0 fully saturated rings. The van der Waals surface area contributed by atoms with Crippen molar-refractivity contribution < 1.29 is 19.4 Å². The molecule has 1 rings (SSSR count). The summed E-state index contributed by atoms with van der Waals surface area (Å²) in [4.78, 5) is 25.0. The molecular formula is C14H19NO4. The third-order valence-corrected chi connectivity index (χ3v) is 2.65. The number of methoxy groups -OCH3 is 1. The Balaban J connectivity index is 3.10. The quantitative estimate of drug-likeness (QED) is 0.496. The van der Waals surface area contributed by atoms with Crippen molar-refractivity contribution in [3.05, 3.63) is 28.8 Å². The Morgan fingerprint density at radius 1 is 1.32 bits per heavy atom. The zero-order chi connectivity index (χ0) is 14.6. The van der Waals surface area contributed by atoms with Crippen molar-refractivity contribution in [2.75, 3.05) is 21.2 Å². The third-order valence-electron chi connectivity index (χ3n) is 2.65. The number of hydrogen-bond acceptors (Lipinski definition) is 5. The van der Waals surface area contributed by atoms with Crippen LogP contribution in [0.25, 0.3) is 0 Å². The van der Waals surface area contributed by atoms with E-state index in [1.165, 1.54) is 7.11 Å². The molecule has 0 aliphatic heterocycles. The number of nitrogens with zero attached hydrogens (tertiary/aromatic N) is 1. The monoisotopic (exact) mass is 265 g/mol. The van der Waals surface area contributed by atoms with Gasteiger partial charge in [0.05, 0.1) is 12.7 Å². The van der Waals surface area contributed by atoms with Gasteiger partial charge in [-0.3, -0.25) is 9.59 Å². The van der Waals surface area contributed by atoms with Crippen LogP contribution in [0.2, 0.25) is 0 Å². The van der Waals surface area contributed by atoms with Crippen LogP contribution in [0, 0.1) is 6.92 Å². The van der Waals surface area contributed by atoms with Crippen LogP contribution in [-0.2, 0) is 16.1 Å². The summed E-state index contributed by atoms with van der Waals surface area (Å²) in [7, 11) is 4.97. The minimum atomic E-state index is -0.611. The van der Waals surface area contributed by atoms with Crippen LogP contribution >= 0.6 is 0 Å². The van der Waals surface area contributed by atoms with E-state index in [9.17, 15) is 14.7 Å². The van der Waals surface area contributed by atoms with Crippen molar-refractivity contribution in [3.8, 4) is 5.75 Å². The van der Waals surface area contributed by atoms with Gasteiger partial charge in [0.1, 0.15) is 12.2 Å². The van der Waals surface area contributed by atoms with Gasteiger partial charge in [0.25, 0.3) is 0 Å². The maximum Gasteiger partial charge on any atom is 0.313 e. The zero-order valence-electron chi connectivity index (χ0n) is 11.7. The van der Waals surface area contributed by atoms with Gasteiger partial charge in [0.2, 0.25) is 0 Å². The largest absolute Gasteiger partial charge is 0.507 e. The highest BCUT2D eigenvalue weighted by molar-refractivity contribution is 6.07. The van der Waals surface area contributed by atoms with Crippen molar-refractivity contribution in [2.24, 2.45) is 0 Å². The van der Waals surface area contributed by atoms with Gasteiger partial charge in [0, 0.05) is 12.1 Å². The predicted molar refractivity (Wildman–Crippen MR) is 71.2 cm³/mol. The third kappa shape index (κ3) is 4.06. The van der Waals surface area contributed by atoms with E-state index >= 15 is 0 Å². The number of Topliss-reactive ketones (excluding diaryl/α,β-unsaturated/α-hetero) is 1. The van der Waals surface area contributed by atoms with Gasteiger partial charge in [-0.1, -0.05) is 6.07 Å². The number of ether oxygens (including phenoxy) is 1. The summed E-state index contributed by atoms with van der Waals surface area (Å²) >= 11 is 0. The normalized spacial score (nSPS) is 10.6. The number of rotatable bonds is 5. The van der Waals surface area contributed by atoms with E-state index in [2.05, 4.69) is 4.74 Å².